The maximum atomic E-state index is 8.76. The first kappa shape index (κ1) is 9.03. The lowest BCUT2D eigenvalue weighted by Crippen LogP contribution is -2.27. The van der Waals surface area contributed by atoms with Crippen molar-refractivity contribution in [2.45, 2.75) is 6.04 Å². The second-order valence-corrected chi connectivity index (χ2v) is 2.50. The molecule has 1 rings (SSSR count). The zero-order valence-electron chi connectivity index (χ0n) is 6.70. The van der Waals surface area contributed by atoms with E-state index in [4.69, 9.17) is 10.2 Å². The third-order valence-electron chi connectivity index (χ3n) is 1.53. The van der Waals surface area contributed by atoms with Crippen LogP contribution in [0.1, 0.15) is 0 Å². The van der Waals surface area contributed by atoms with E-state index in [-0.39, 0.29) is 19.3 Å². The first-order chi connectivity index (χ1) is 5.86. The summed E-state index contributed by atoms with van der Waals surface area (Å²) in [4.78, 5) is 0. The molecule has 0 fully saturated rings. The van der Waals surface area contributed by atoms with Crippen molar-refractivity contribution in [3.8, 4) is 0 Å². The van der Waals surface area contributed by atoms with Gasteiger partial charge in [0.05, 0.1) is 19.3 Å². The minimum absolute atomic E-state index is 0.0743. The maximum Gasteiger partial charge on any atom is 0.0723 e. The molecule has 1 radical (unpaired) electrons. The fourth-order valence-electron chi connectivity index (χ4n) is 0.868. The summed E-state index contributed by atoms with van der Waals surface area (Å²) >= 11 is 0. The van der Waals surface area contributed by atoms with Crippen LogP contribution in [0, 0.1) is 6.07 Å². The highest BCUT2D eigenvalue weighted by Gasteiger charge is 2.03. The van der Waals surface area contributed by atoms with E-state index >= 15 is 0 Å². The van der Waals surface area contributed by atoms with E-state index in [2.05, 4.69) is 11.4 Å². The SMILES string of the molecule is OCC(CO)Nc1cc[c]cc1. The minimum Gasteiger partial charge on any atom is -0.394 e. The lowest BCUT2D eigenvalue weighted by Gasteiger charge is -2.13. The molecule has 0 atom stereocenters. The molecule has 0 aromatic heterocycles. The second-order valence-electron chi connectivity index (χ2n) is 2.50. The largest absolute Gasteiger partial charge is 0.394 e. The molecule has 0 amide bonds. The first-order valence-electron chi connectivity index (χ1n) is 3.81. The van der Waals surface area contributed by atoms with Crippen molar-refractivity contribution in [1.29, 1.82) is 0 Å². The van der Waals surface area contributed by atoms with Crippen LogP contribution in [0.2, 0.25) is 0 Å². The summed E-state index contributed by atoms with van der Waals surface area (Å²) in [6.07, 6.45) is 0. The van der Waals surface area contributed by atoms with E-state index in [1.807, 2.05) is 12.1 Å². The van der Waals surface area contributed by atoms with Gasteiger partial charge in [-0.2, -0.15) is 0 Å². The monoisotopic (exact) mass is 166 g/mol. The molecule has 0 aliphatic carbocycles. The van der Waals surface area contributed by atoms with Crippen LogP contribution < -0.4 is 5.32 Å². The Bertz CT molecular complexity index is 209. The van der Waals surface area contributed by atoms with Crippen LogP contribution >= 0.6 is 0 Å². The lowest BCUT2D eigenvalue weighted by molar-refractivity contribution is 0.204. The predicted molar refractivity (Wildman–Crippen MR) is 46.9 cm³/mol. The topological polar surface area (TPSA) is 52.5 Å². The average molecular weight is 166 g/mol. The average Bonchev–Trinajstić information content (AvgIpc) is 2.16. The fraction of sp³-hybridized carbons (Fsp3) is 0.333. The van der Waals surface area contributed by atoms with E-state index in [1.54, 1.807) is 12.1 Å². The Balaban J connectivity index is 2.51. The molecular weight excluding hydrogens is 154 g/mol. The van der Waals surface area contributed by atoms with Gasteiger partial charge in [0.1, 0.15) is 0 Å². The third-order valence-corrected chi connectivity index (χ3v) is 1.53. The van der Waals surface area contributed by atoms with Gasteiger partial charge in [-0.3, -0.25) is 0 Å². The van der Waals surface area contributed by atoms with Crippen LogP contribution in [0.5, 0.6) is 0 Å². The molecular formula is C9H12NO2. The summed E-state index contributed by atoms with van der Waals surface area (Å²) in [5, 5.41) is 20.5. The quantitative estimate of drug-likeness (QED) is 0.601. The molecule has 0 bridgehead atoms. The van der Waals surface area contributed by atoms with Crippen LogP contribution in [0.25, 0.3) is 0 Å². The summed E-state index contributed by atoms with van der Waals surface area (Å²) in [5.41, 5.74) is 0.877. The van der Waals surface area contributed by atoms with E-state index in [9.17, 15) is 0 Å². The third kappa shape index (κ3) is 2.53. The molecule has 0 aliphatic heterocycles. The molecule has 0 unspecified atom stereocenters. The van der Waals surface area contributed by atoms with Crippen molar-refractivity contribution in [2.75, 3.05) is 18.5 Å². The first-order valence-corrected chi connectivity index (χ1v) is 3.81. The fourth-order valence-corrected chi connectivity index (χ4v) is 0.868. The normalized spacial score (nSPS) is 10.2. The Morgan fingerprint density at radius 2 is 1.83 bits per heavy atom. The molecule has 65 valence electrons. The van der Waals surface area contributed by atoms with Gasteiger partial charge in [0.15, 0.2) is 0 Å². The van der Waals surface area contributed by atoms with Gasteiger partial charge >= 0.3 is 0 Å². The van der Waals surface area contributed by atoms with Gasteiger partial charge in [-0.15, -0.1) is 0 Å². The zero-order chi connectivity index (χ0) is 8.81. The smallest absolute Gasteiger partial charge is 0.0723 e. The molecule has 12 heavy (non-hydrogen) atoms. The van der Waals surface area contributed by atoms with Crippen molar-refractivity contribution in [3.05, 3.63) is 30.3 Å². The number of hydrogen-bond acceptors (Lipinski definition) is 3. The molecule has 0 spiro atoms. The van der Waals surface area contributed by atoms with Crippen LogP contribution in [-0.2, 0) is 0 Å². The van der Waals surface area contributed by atoms with Crippen molar-refractivity contribution in [2.24, 2.45) is 0 Å². The number of rotatable bonds is 4. The van der Waals surface area contributed by atoms with Crippen LogP contribution in [-0.4, -0.2) is 29.5 Å². The summed E-state index contributed by atoms with van der Waals surface area (Å²) < 4.78 is 0. The number of aliphatic hydroxyl groups excluding tert-OH is 2. The molecule has 0 heterocycles. The molecule has 3 N–H and O–H groups in total. The number of anilines is 1. The van der Waals surface area contributed by atoms with Crippen LogP contribution in [0.4, 0.5) is 5.69 Å². The highest BCUT2D eigenvalue weighted by Crippen LogP contribution is 2.05. The van der Waals surface area contributed by atoms with Crippen molar-refractivity contribution >= 4 is 5.69 Å². The molecule has 0 saturated heterocycles. The van der Waals surface area contributed by atoms with E-state index in [0.29, 0.717) is 0 Å². The van der Waals surface area contributed by atoms with Gasteiger partial charge in [-0.1, -0.05) is 12.1 Å². The summed E-state index contributed by atoms with van der Waals surface area (Å²) in [7, 11) is 0. The highest BCUT2D eigenvalue weighted by atomic mass is 16.3. The summed E-state index contributed by atoms with van der Waals surface area (Å²) in [5.74, 6) is 0. The molecule has 1 aromatic carbocycles. The van der Waals surface area contributed by atoms with Gasteiger partial charge in [0.2, 0.25) is 0 Å². The highest BCUT2D eigenvalue weighted by molar-refractivity contribution is 5.43. The maximum absolute atomic E-state index is 8.76. The Morgan fingerprint density at radius 1 is 1.25 bits per heavy atom. The molecule has 3 heteroatoms. The number of nitrogens with one attached hydrogen (secondary N) is 1. The molecule has 0 aliphatic rings. The van der Waals surface area contributed by atoms with E-state index < -0.39 is 0 Å². The standard InChI is InChI=1S/C9H12NO2/c11-6-9(7-12)10-8-4-2-1-3-5-8/h2-5,9-12H,6-7H2. The zero-order valence-corrected chi connectivity index (χ0v) is 6.70. The van der Waals surface area contributed by atoms with Crippen molar-refractivity contribution in [1.82, 2.24) is 0 Å². The summed E-state index contributed by atoms with van der Waals surface area (Å²) in [6.45, 7) is -0.149. The Kier molecular flexibility index (Phi) is 3.57. The van der Waals surface area contributed by atoms with Gasteiger partial charge in [0, 0.05) is 5.69 Å². The van der Waals surface area contributed by atoms with Crippen LogP contribution in [0.3, 0.4) is 0 Å². The van der Waals surface area contributed by atoms with Crippen LogP contribution in [0.15, 0.2) is 24.3 Å². The van der Waals surface area contributed by atoms with E-state index in [0.717, 1.165) is 5.69 Å². The van der Waals surface area contributed by atoms with Gasteiger partial charge in [0.25, 0.3) is 0 Å². The predicted octanol–water partition coefficient (Wildman–Crippen LogP) is 0.252. The van der Waals surface area contributed by atoms with Crippen molar-refractivity contribution < 1.29 is 10.2 Å². The second kappa shape index (κ2) is 4.74. The number of benzene rings is 1. The molecule has 3 nitrogen and oxygen atoms in total. The van der Waals surface area contributed by atoms with E-state index in [1.165, 1.54) is 0 Å². The Morgan fingerprint density at radius 3 is 2.33 bits per heavy atom. The van der Waals surface area contributed by atoms with Gasteiger partial charge < -0.3 is 15.5 Å². The molecule has 0 saturated carbocycles. The van der Waals surface area contributed by atoms with Gasteiger partial charge in [-0.05, 0) is 18.2 Å². The van der Waals surface area contributed by atoms with Crippen molar-refractivity contribution in [3.63, 3.8) is 0 Å². The minimum atomic E-state index is -0.285. The number of aliphatic hydroxyl groups is 2. The Hall–Kier alpha value is -1.06. The Labute approximate surface area is 71.7 Å². The molecule has 1 aromatic rings. The lowest BCUT2D eigenvalue weighted by atomic mass is 10.2. The van der Waals surface area contributed by atoms with Gasteiger partial charge in [-0.25, -0.2) is 0 Å². The number of hydrogen-bond donors (Lipinski definition) is 3. The summed E-state index contributed by atoms with van der Waals surface area (Å²) in [6, 6.07) is 9.80.